The lowest BCUT2D eigenvalue weighted by atomic mass is 9.79. The molecule has 0 unspecified atom stereocenters. The van der Waals surface area contributed by atoms with E-state index in [0.29, 0.717) is 5.92 Å². The number of nitrogens with one attached hydrogen (secondary N) is 1. The molecule has 1 amide bonds. The fourth-order valence-electron chi connectivity index (χ4n) is 4.86. The number of esters is 1. The second kappa shape index (κ2) is 4.57. The average Bonchev–Trinajstić information content (AvgIpc) is 3.16. The van der Waals surface area contributed by atoms with E-state index in [1.807, 2.05) is 42.5 Å². The SMILES string of the molecule is O=C(Nc1ccc2ccccc2c1)[C@@H]1[C@@H]2C[C@@H]3[C@@H]1C(=O)O[C@@H]3C2. The summed E-state index contributed by atoms with van der Waals surface area (Å²) < 4.78 is 5.41. The van der Waals surface area contributed by atoms with Crippen molar-refractivity contribution in [1.29, 1.82) is 0 Å². The Balaban J connectivity index is 1.41. The third-order valence-corrected chi connectivity index (χ3v) is 5.80. The largest absolute Gasteiger partial charge is 0.462 e. The summed E-state index contributed by atoms with van der Waals surface area (Å²) >= 11 is 0. The summed E-state index contributed by atoms with van der Waals surface area (Å²) in [6.07, 6.45) is 1.88. The van der Waals surface area contributed by atoms with Gasteiger partial charge in [-0.05, 0) is 41.7 Å². The van der Waals surface area contributed by atoms with Gasteiger partial charge in [0.25, 0.3) is 0 Å². The fourth-order valence-corrected chi connectivity index (χ4v) is 4.86. The number of carbonyl (C=O) groups is 2. The number of amides is 1. The third-order valence-electron chi connectivity index (χ3n) is 5.80. The number of ether oxygens (including phenoxy) is 1. The highest BCUT2D eigenvalue weighted by Gasteiger charge is 2.63. The quantitative estimate of drug-likeness (QED) is 0.868. The molecule has 2 aromatic carbocycles. The zero-order valence-electron chi connectivity index (χ0n) is 12.6. The summed E-state index contributed by atoms with van der Waals surface area (Å²) in [5, 5.41) is 5.26. The van der Waals surface area contributed by atoms with Crippen LogP contribution in [0.15, 0.2) is 42.5 Å². The van der Waals surface area contributed by atoms with Crippen molar-refractivity contribution in [2.45, 2.75) is 18.9 Å². The number of fused-ring (bicyclic) bond motifs is 2. The molecule has 5 rings (SSSR count). The molecule has 4 heteroatoms. The van der Waals surface area contributed by atoms with Crippen LogP contribution in [-0.2, 0) is 14.3 Å². The maximum absolute atomic E-state index is 12.8. The highest BCUT2D eigenvalue weighted by molar-refractivity contribution is 5.98. The van der Waals surface area contributed by atoms with Crippen LogP contribution in [0.3, 0.4) is 0 Å². The molecule has 23 heavy (non-hydrogen) atoms. The summed E-state index contributed by atoms with van der Waals surface area (Å²) in [5.41, 5.74) is 0.791. The predicted molar refractivity (Wildman–Crippen MR) is 85.7 cm³/mol. The van der Waals surface area contributed by atoms with Crippen molar-refractivity contribution in [1.82, 2.24) is 0 Å². The van der Waals surface area contributed by atoms with Crippen LogP contribution in [0.5, 0.6) is 0 Å². The van der Waals surface area contributed by atoms with E-state index >= 15 is 0 Å². The molecule has 2 aliphatic carbocycles. The molecule has 0 spiro atoms. The zero-order chi connectivity index (χ0) is 15.6. The predicted octanol–water partition coefficient (Wildman–Crippen LogP) is 2.98. The van der Waals surface area contributed by atoms with Gasteiger partial charge in [0.15, 0.2) is 0 Å². The van der Waals surface area contributed by atoms with Crippen molar-refractivity contribution >= 4 is 28.3 Å². The van der Waals surface area contributed by atoms with Crippen molar-refractivity contribution in [3.05, 3.63) is 42.5 Å². The van der Waals surface area contributed by atoms with E-state index in [2.05, 4.69) is 5.32 Å². The molecule has 3 fully saturated rings. The molecule has 4 nitrogen and oxygen atoms in total. The van der Waals surface area contributed by atoms with Crippen molar-refractivity contribution < 1.29 is 14.3 Å². The van der Waals surface area contributed by atoms with E-state index in [1.165, 1.54) is 0 Å². The Bertz CT molecular complexity index is 828. The summed E-state index contributed by atoms with van der Waals surface area (Å²) in [5.74, 6) is -0.0903. The summed E-state index contributed by atoms with van der Waals surface area (Å²) in [6.45, 7) is 0. The maximum Gasteiger partial charge on any atom is 0.310 e. The molecule has 1 heterocycles. The van der Waals surface area contributed by atoms with E-state index in [4.69, 9.17) is 4.74 Å². The summed E-state index contributed by atoms with van der Waals surface area (Å²) in [7, 11) is 0. The monoisotopic (exact) mass is 307 g/mol. The molecule has 1 aliphatic heterocycles. The molecule has 0 radical (unpaired) electrons. The standard InChI is InChI=1S/C19H17NO3/c21-18(16-12-8-14-15(9-12)23-19(22)17(14)16)20-13-6-5-10-3-1-2-4-11(10)7-13/h1-7,12,14-17H,8-9H2,(H,20,21)/t12-,14+,15-,16-,17+/m1/s1. The van der Waals surface area contributed by atoms with Gasteiger partial charge in [0, 0.05) is 11.6 Å². The Morgan fingerprint density at radius 2 is 1.91 bits per heavy atom. The van der Waals surface area contributed by atoms with Crippen molar-refractivity contribution in [3.8, 4) is 0 Å². The Kier molecular flexibility index (Phi) is 2.61. The van der Waals surface area contributed by atoms with Crippen molar-refractivity contribution in [2.24, 2.45) is 23.7 Å². The second-order valence-electron chi connectivity index (χ2n) is 6.97. The van der Waals surface area contributed by atoms with E-state index in [-0.39, 0.29) is 35.7 Å². The molecule has 0 aromatic heterocycles. The highest BCUT2D eigenvalue weighted by atomic mass is 16.6. The first-order valence-electron chi connectivity index (χ1n) is 8.21. The van der Waals surface area contributed by atoms with Gasteiger partial charge in [-0.3, -0.25) is 9.59 Å². The Hall–Kier alpha value is -2.36. The maximum atomic E-state index is 12.8. The van der Waals surface area contributed by atoms with Crippen LogP contribution >= 0.6 is 0 Å². The van der Waals surface area contributed by atoms with Gasteiger partial charge >= 0.3 is 5.97 Å². The summed E-state index contributed by atoms with van der Waals surface area (Å²) in [6, 6.07) is 14.0. The van der Waals surface area contributed by atoms with Crippen LogP contribution in [0.25, 0.3) is 10.8 Å². The number of carbonyl (C=O) groups excluding carboxylic acids is 2. The molecule has 5 atom stereocenters. The average molecular weight is 307 g/mol. The lowest BCUT2D eigenvalue weighted by Gasteiger charge is -2.23. The molecule has 3 aliphatic rings. The van der Waals surface area contributed by atoms with Crippen molar-refractivity contribution in [3.63, 3.8) is 0 Å². The minimum Gasteiger partial charge on any atom is -0.462 e. The first kappa shape index (κ1) is 13.1. The van der Waals surface area contributed by atoms with Gasteiger partial charge in [-0.25, -0.2) is 0 Å². The molecular formula is C19H17NO3. The molecule has 2 aromatic rings. The van der Waals surface area contributed by atoms with Crippen LogP contribution in [-0.4, -0.2) is 18.0 Å². The van der Waals surface area contributed by atoms with Crippen molar-refractivity contribution in [2.75, 3.05) is 5.32 Å². The van der Waals surface area contributed by atoms with Crippen LogP contribution in [0.1, 0.15) is 12.8 Å². The number of rotatable bonds is 2. The molecule has 2 saturated carbocycles. The number of benzene rings is 2. The Morgan fingerprint density at radius 3 is 2.78 bits per heavy atom. The van der Waals surface area contributed by atoms with E-state index < -0.39 is 0 Å². The van der Waals surface area contributed by atoms with Crippen LogP contribution in [0.4, 0.5) is 5.69 Å². The topological polar surface area (TPSA) is 55.4 Å². The summed E-state index contributed by atoms with van der Waals surface area (Å²) in [4.78, 5) is 24.8. The first-order valence-corrected chi connectivity index (χ1v) is 8.21. The smallest absolute Gasteiger partial charge is 0.310 e. The van der Waals surface area contributed by atoms with Gasteiger partial charge in [0.1, 0.15) is 6.10 Å². The zero-order valence-corrected chi connectivity index (χ0v) is 12.6. The van der Waals surface area contributed by atoms with Gasteiger partial charge in [0.05, 0.1) is 11.8 Å². The lowest BCUT2D eigenvalue weighted by molar-refractivity contribution is -0.145. The Morgan fingerprint density at radius 1 is 1.09 bits per heavy atom. The van der Waals surface area contributed by atoms with Crippen LogP contribution in [0.2, 0.25) is 0 Å². The number of hydrogen-bond donors (Lipinski definition) is 1. The van der Waals surface area contributed by atoms with Gasteiger partial charge in [-0.2, -0.15) is 0 Å². The fraction of sp³-hybridized carbons (Fsp3) is 0.368. The normalized spacial score (nSPS) is 33.9. The second-order valence-corrected chi connectivity index (χ2v) is 6.97. The number of hydrogen-bond acceptors (Lipinski definition) is 3. The molecule has 2 bridgehead atoms. The third kappa shape index (κ3) is 1.84. The minimum atomic E-state index is -0.224. The van der Waals surface area contributed by atoms with Gasteiger partial charge < -0.3 is 10.1 Å². The van der Waals surface area contributed by atoms with Crippen LogP contribution < -0.4 is 5.32 Å². The molecule has 1 N–H and O–H groups in total. The lowest BCUT2D eigenvalue weighted by Crippen LogP contribution is -2.35. The van der Waals surface area contributed by atoms with Gasteiger partial charge in [-0.15, -0.1) is 0 Å². The van der Waals surface area contributed by atoms with Gasteiger partial charge in [0.2, 0.25) is 5.91 Å². The van der Waals surface area contributed by atoms with E-state index in [9.17, 15) is 9.59 Å². The molecular weight excluding hydrogens is 290 g/mol. The number of anilines is 1. The first-order chi connectivity index (χ1) is 11.2. The van der Waals surface area contributed by atoms with E-state index in [1.54, 1.807) is 0 Å². The van der Waals surface area contributed by atoms with Crippen LogP contribution in [0, 0.1) is 23.7 Å². The molecule has 116 valence electrons. The minimum absolute atomic E-state index is 0.0323. The van der Waals surface area contributed by atoms with Gasteiger partial charge in [-0.1, -0.05) is 30.3 Å². The Labute approximate surface area is 133 Å². The highest BCUT2D eigenvalue weighted by Crippen LogP contribution is 2.57. The van der Waals surface area contributed by atoms with E-state index in [0.717, 1.165) is 29.3 Å². The molecule has 1 saturated heterocycles.